The molecule has 0 aliphatic carbocycles. The predicted octanol–water partition coefficient (Wildman–Crippen LogP) is 3.04. The third-order valence-electron chi connectivity index (χ3n) is 2.60. The Morgan fingerprint density at radius 3 is 2.71 bits per heavy atom. The number of halogens is 3. The van der Waals surface area contributed by atoms with Crippen molar-refractivity contribution in [3.63, 3.8) is 0 Å². The molecule has 0 aliphatic rings. The second-order valence-electron chi connectivity index (χ2n) is 4.17. The highest BCUT2D eigenvalue weighted by molar-refractivity contribution is 14.0. The van der Waals surface area contributed by atoms with Crippen LogP contribution in [0.2, 0.25) is 0 Å². The molecule has 2 N–H and O–H groups in total. The van der Waals surface area contributed by atoms with Gasteiger partial charge < -0.3 is 10.6 Å². The molecule has 0 atom stereocenters. The van der Waals surface area contributed by atoms with Crippen LogP contribution in [0.4, 0.5) is 8.78 Å². The lowest BCUT2D eigenvalue weighted by atomic mass is 10.1. The number of thioether (sulfide) groups is 1. The van der Waals surface area contributed by atoms with E-state index >= 15 is 0 Å². The molecule has 1 aromatic rings. The molecule has 0 aromatic heterocycles. The van der Waals surface area contributed by atoms with Crippen LogP contribution in [0.3, 0.4) is 0 Å². The Bertz CT molecular complexity index is 444. The molecule has 0 fully saturated rings. The van der Waals surface area contributed by atoms with Gasteiger partial charge in [-0.2, -0.15) is 11.8 Å². The zero-order valence-electron chi connectivity index (χ0n) is 12.3. The Hall–Kier alpha value is -0.570. The van der Waals surface area contributed by atoms with Gasteiger partial charge in [0.05, 0.1) is 6.54 Å². The average molecular weight is 429 g/mol. The second kappa shape index (κ2) is 12.0. The predicted molar refractivity (Wildman–Crippen MR) is 97.8 cm³/mol. The van der Waals surface area contributed by atoms with E-state index in [4.69, 9.17) is 0 Å². The number of rotatable bonds is 7. The maximum Gasteiger partial charge on any atom is 0.191 e. The molecular weight excluding hydrogens is 407 g/mol. The van der Waals surface area contributed by atoms with E-state index in [1.54, 1.807) is 11.8 Å². The van der Waals surface area contributed by atoms with Crippen LogP contribution in [0, 0.1) is 11.6 Å². The molecule has 21 heavy (non-hydrogen) atoms. The van der Waals surface area contributed by atoms with Gasteiger partial charge in [0.15, 0.2) is 5.96 Å². The maximum absolute atomic E-state index is 13.4. The number of nitrogens with one attached hydrogen (secondary N) is 2. The molecule has 0 amide bonds. The van der Waals surface area contributed by atoms with Gasteiger partial charge in [0.1, 0.15) is 11.6 Å². The van der Waals surface area contributed by atoms with Gasteiger partial charge in [-0.25, -0.2) is 8.78 Å². The molecule has 1 rings (SSSR count). The maximum atomic E-state index is 13.4. The minimum atomic E-state index is -0.415. The summed E-state index contributed by atoms with van der Waals surface area (Å²) in [5, 5.41) is 6.23. The first-order chi connectivity index (χ1) is 9.67. The van der Waals surface area contributed by atoms with Crippen LogP contribution in [0.25, 0.3) is 0 Å². The molecule has 0 aliphatic heterocycles. The fourth-order valence-corrected chi connectivity index (χ4v) is 1.91. The monoisotopic (exact) mass is 429 g/mol. The molecule has 0 saturated heterocycles. The topological polar surface area (TPSA) is 36.4 Å². The molecule has 0 bridgehead atoms. The number of guanidine groups is 1. The zero-order valence-corrected chi connectivity index (χ0v) is 15.4. The standard InChI is InChI=1S/C14H21F2N3S.HI/c1-3-17-14(19-8-9-20-2)18-7-6-11-10-12(15)4-5-13(11)16;/h4-5,10H,3,6-9H2,1-2H3,(H2,17,18,19);1H. The van der Waals surface area contributed by atoms with Crippen molar-refractivity contribution in [3.05, 3.63) is 35.4 Å². The molecule has 0 unspecified atom stereocenters. The van der Waals surface area contributed by atoms with Gasteiger partial charge in [-0.3, -0.25) is 4.99 Å². The van der Waals surface area contributed by atoms with Crippen LogP contribution in [-0.4, -0.2) is 37.6 Å². The lowest BCUT2D eigenvalue weighted by Crippen LogP contribution is -2.38. The summed E-state index contributed by atoms with van der Waals surface area (Å²) in [5.74, 6) is 0.868. The van der Waals surface area contributed by atoms with Gasteiger partial charge in [-0.05, 0) is 43.4 Å². The van der Waals surface area contributed by atoms with E-state index < -0.39 is 5.82 Å². The smallest absolute Gasteiger partial charge is 0.191 e. The molecule has 0 radical (unpaired) electrons. The number of aliphatic imine (C=N–C) groups is 1. The fraction of sp³-hybridized carbons (Fsp3) is 0.500. The highest BCUT2D eigenvalue weighted by Crippen LogP contribution is 2.09. The summed E-state index contributed by atoms with van der Waals surface area (Å²) in [4.78, 5) is 4.38. The average Bonchev–Trinajstić information content (AvgIpc) is 2.43. The van der Waals surface area contributed by atoms with Crippen molar-refractivity contribution < 1.29 is 8.78 Å². The van der Waals surface area contributed by atoms with E-state index in [1.165, 1.54) is 6.07 Å². The highest BCUT2D eigenvalue weighted by Gasteiger charge is 2.04. The number of hydrogen-bond donors (Lipinski definition) is 2. The Balaban J connectivity index is 0.00000400. The summed E-state index contributed by atoms with van der Waals surface area (Å²) in [5.41, 5.74) is 0.373. The second-order valence-corrected chi connectivity index (χ2v) is 5.15. The van der Waals surface area contributed by atoms with Gasteiger partial charge in [0, 0.05) is 18.8 Å². The van der Waals surface area contributed by atoms with Crippen molar-refractivity contribution in [3.8, 4) is 0 Å². The lowest BCUT2D eigenvalue weighted by molar-refractivity contribution is 0.583. The summed E-state index contributed by atoms with van der Waals surface area (Å²) in [6.07, 6.45) is 2.44. The fourth-order valence-electron chi connectivity index (χ4n) is 1.64. The zero-order chi connectivity index (χ0) is 14.8. The summed E-state index contributed by atoms with van der Waals surface area (Å²) in [6.45, 7) is 3.98. The molecule has 1 aromatic carbocycles. The van der Waals surface area contributed by atoms with Gasteiger partial charge in [-0.15, -0.1) is 24.0 Å². The van der Waals surface area contributed by atoms with Crippen molar-refractivity contribution in [1.82, 2.24) is 10.6 Å². The van der Waals surface area contributed by atoms with Crippen LogP contribution < -0.4 is 10.6 Å². The molecule has 3 nitrogen and oxygen atoms in total. The van der Waals surface area contributed by atoms with E-state index in [2.05, 4.69) is 15.6 Å². The molecule has 0 spiro atoms. The summed E-state index contributed by atoms with van der Waals surface area (Å²) in [7, 11) is 0. The van der Waals surface area contributed by atoms with E-state index in [9.17, 15) is 8.78 Å². The van der Waals surface area contributed by atoms with Crippen molar-refractivity contribution in [2.45, 2.75) is 13.3 Å². The molecular formula is C14H22F2IN3S. The van der Waals surface area contributed by atoms with E-state index in [0.717, 1.165) is 31.0 Å². The van der Waals surface area contributed by atoms with Crippen molar-refractivity contribution in [2.24, 2.45) is 4.99 Å². The first-order valence-electron chi connectivity index (χ1n) is 6.62. The van der Waals surface area contributed by atoms with Gasteiger partial charge in [0.2, 0.25) is 0 Å². The van der Waals surface area contributed by atoms with E-state index in [-0.39, 0.29) is 29.8 Å². The van der Waals surface area contributed by atoms with Crippen molar-refractivity contribution in [1.29, 1.82) is 0 Å². The number of hydrogen-bond acceptors (Lipinski definition) is 2. The van der Waals surface area contributed by atoms with E-state index in [0.29, 0.717) is 24.5 Å². The van der Waals surface area contributed by atoms with Crippen molar-refractivity contribution >= 4 is 41.7 Å². The first-order valence-corrected chi connectivity index (χ1v) is 8.01. The van der Waals surface area contributed by atoms with Crippen LogP contribution >= 0.6 is 35.7 Å². The quantitative estimate of drug-likeness (QED) is 0.303. The SMILES string of the molecule is CCNC(=NCCSC)NCCc1cc(F)ccc1F.I. The van der Waals surface area contributed by atoms with Crippen LogP contribution in [-0.2, 0) is 6.42 Å². The van der Waals surface area contributed by atoms with Crippen LogP contribution in [0.1, 0.15) is 12.5 Å². The normalized spacial score (nSPS) is 11.0. The molecule has 0 heterocycles. The van der Waals surface area contributed by atoms with E-state index in [1.807, 2.05) is 13.2 Å². The van der Waals surface area contributed by atoms with Gasteiger partial charge >= 0.3 is 0 Å². The Morgan fingerprint density at radius 1 is 1.29 bits per heavy atom. The number of benzene rings is 1. The molecule has 7 heteroatoms. The highest BCUT2D eigenvalue weighted by atomic mass is 127. The lowest BCUT2D eigenvalue weighted by Gasteiger charge is -2.11. The largest absolute Gasteiger partial charge is 0.357 e. The summed E-state index contributed by atoms with van der Waals surface area (Å²) in [6, 6.07) is 3.51. The van der Waals surface area contributed by atoms with Gasteiger partial charge in [0.25, 0.3) is 0 Å². The van der Waals surface area contributed by atoms with Crippen LogP contribution in [0.5, 0.6) is 0 Å². The summed E-state index contributed by atoms with van der Waals surface area (Å²) >= 11 is 1.73. The van der Waals surface area contributed by atoms with Gasteiger partial charge in [-0.1, -0.05) is 0 Å². The van der Waals surface area contributed by atoms with Crippen LogP contribution in [0.15, 0.2) is 23.2 Å². The third kappa shape index (κ3) is 8.45. The molecule has 0 saturated carbocycles. The summed E-state index contributed by atoms with van der Waals surface area (Å²) < 4.78 is 26.5. The molecule has 120 valence electrons. The Kier molecular flexibility index (Phi) is 11.7. The minimum absolute atomic E-state index is 0. The van der Waals surface area contributed by atoms with Crippen molar-refractivity contribution in [2.75, 3.05) is 31.6 Å². The Labute approximate surface area is 146 Å². The number of nitrogens with zero attached hydrogens (tertiary/aromatic N) is 1. The minimum Gasteiger partial charge on any atom is -0.357 e. The third-order valence-corrected chi connectivity index (χ3v) is 3.19. The first kappa shape index (κ1) is 20.4. The Morgan fingerprint density at radius 2 is 2.05 bits per heavy atom.